The highest BCUT2D eigenvalue weighted by molar-refractivity contribution is 5.68. The lowest BCUT2D eigenvalue weighted by Crippen LogP contribution is -2.26. The van der Waals surface area contributed by atoms with Crippen molar-refractivity contribution in [1.82, 2.24) is 0 Å². The molecule has 2 N–H and O–H groups in total. The Morgan fingerprint density at radius 3 is 2.80 bits per heavy atom. The zero-order valence-electron chi connectivity index (χ0n) is 9.04. The Morgan fingerprint density at radius 1 is 1.47 bits per heavy atom. The van der Waals surface area contributed by atoms with Gasteiger partial charge in [-0.05, 0) is 37.8 Å². The highest BCUT2D eigenvalue weighted by Crippen LogP contribution is 2.33. The first-order valence-corrected chi connectivity index (χ1v) is 5.51. The maximum Gasteiger partial charge on any atom is 0.148 e. The normalized spacial score (nSPS) is 15.3. The van der Waals surface area contributed by atoms with Crippen molar-refractivity contribution in [2.75, 3.05) is 23.7 Å². The minimum atomic E-state index is -0.318. The van der Waals surface area contributed by atoms with Crippen LogP contribution in [0.4, 0.5) is 15.8 Å². The fraction of sp³-hybridized carbons (Fsp3) is 0.500. The number of para-hydroxylation sites is 1. The molecule has 0 unspecified atom stereocenters. The molecule has 3 heteroatoms. The lowest BCUT2D eigenvalue weighted by atomic mass is 10.2. The van der Waals surface area contributed by atoms with Gasteiger partial charge in [-0.3, -0.25) is 0 Å². The van der Waals surface area contributed by atoms with E-state index in [1.807, 2.05) is 6.07 Å². The van der Waals surface area contributed by atoms with Crippen molar-refractivity contribution < 1.29 is 4.39 Å². The Morgan fingerprint density at radius 2 is 2.20 bits per heavy atom. The summed E-state index contributed by atoms with van der Waals surface area (Å²) in [6.45, 7) is 3.96. The van der Waals surface area contributed by atoms with E-state index in [9.17, 15) is 4.39 Å². The molecule has 0 aliphatic heterocycles. The van der Waals surface area contributed by atoms with E-state index in [1.165, 1.54) is 18.9 Å². The van der Waals surface area contributed by atoms with Crippen LogP contribution in [-0.4, -0.2) is 13.1 Å². The van der Waals surface area contributed by atoms with Gasteiger partial charge in [0.15, 0.2) is 0 Å². The van der Waals surface area contributed by atoms with Gasteiger partial charge >= 0.3 is 0 Å². The standard InChI is InChI=1S/C12H17FN2/c1-2-15(8-9-6-7-9)11-5-3-4-10(13)12(11)14/h3-5,9H,2,6-8,14H2,1H3. The van der Waals surface area contributed by atoms with E-state index in [2.05, 4.69) is 11.8 Å². The van der Waals surface area contributed by atoms with Crippen LogP contribution in [0.25, 0.3) is 0 Å². The number of rotatable bonds is 4. The number of hydrogen-bond acceptors (Lipinski definition) is 2. The van der Waals surface area contributed by atoms with Gasteiger partial charge in [-0.1, -0.05) is 6.07 Å². The maximum absolute atomic E-state index is 13.3. The van der Waals surface area contributed by atoms with E-state index >= 15 is 0 Å². The second kappa shape index (κ2) is 4.09. The number of halogens is 1. The third-order valence-corrected chi connectivity index (χ3v) is 2.93. The van der Waals surface area contributed by atoms with Crippen LogP contribution < -0.4 is 10.6 Å². The van der Waals surface area contributed by atoms with E-state index < -0.39 is 0 Å². The van der Waals surface area contributed by atoms with E-state index in [4.69, 9.17) is 5.73 Å². The monoisotopic (exact) mass is 208 g/mol. The Bertz CT molecular complexity index is 347. The second-order valence-corrected chi connectivity index (χ2v) is 4.15. The molecular weight excluding hydrogens is 191 g/mol. The minimum Gasteiger partial charge on any atom is -0.395 e. The molecule has 1 saturated carbocycles. The van der Waals surface area contributed by atoms with Crippen LogP contribution in [0.1, 0.15) is 19.8 Å². The predicted octanol–water partition coefficient (Wildman–Crippen LogP) is 2.64. The number of hydrogen-bond donors (Lipinski definition) is 1. The summed E-state index contributed by atoms with van der Waals surface area (Å²) in [6.07, 6.45) is 2.59. The first-order valence-electron chi connectivity index (χ1n) is 5.51. The molecule has 0 aromatic heterocycles. The van der Waals surface area contributed by atoms with Crippen LogP contribution in [0.5, 0.6) is 0 Å². The van der Waals surface area contributed by atoms with Gasteiger partial charge in [-0.2, -0.15) is 0 Å². The zero-order chi connectivity index (χ0) is 10.8. The first kappa shape index (κ1) is 10.3. The molecular formula is C12H17FN2. The molecule has 0 bridgehead atoms. The quantitative estimate of drug-likeness (QED) is 0.771. The fourth-order valence-electron chi connectivity index (χ4n) is 1.81. The molecule has 1 fully saturated rings. The van der Waals surface area contributed by atoms with Crippen LogP contribution in [0.15, 0.2) is 18.2 Å². The second-order valence-electron chi connectivity index (χ2n) is 4.15. The van der Waals surface area contributed by atoms with Gasteiger partial charge in [-0.15, -0.1) is 0 Å². The third-order valence-electron chi connectivity index (χ3n) is 2.93. The largest absolute Gasteiger partial charge is 0.395 e. The molecule has 2 rings (SSSR count). The van der Waals surface area contributed by atoms with Crippen molar-refractivity contribution in [1.29, 1.82) is 0 Å². The highest BCUT2D eigenvalue weighted by atomic mass is 19.1. The summed E-state index contributed by atoms with van der Waals surface area (Å²) in [5.74, 6) is 0.467. The van der Waals surface area contributed by atoms with Crippen molar-refractivity contribution in [3.63, 3.8) is 0 Å². The summed E-state index contributed by atoms with van der Waals surface area (Å²) in [5, 5.41) is 0. The number of benzene rings is 1. The Balaban J connectivity index is 2.20. The first-order chi connectivity index (χ1) is 7.22. The molecule has 1 aromatic rings. The number of nitrogens with two attached hydrogens (primary N) is 1. The molecule has 1 aliphatic rings. The number of anilines is 2. The predicted molar refractivity (Wildman–Crippen MR) is 61.4 cm³/mol. The van der Waals surface area contributed by atoms with Crippen LogP contribution in [-0.2, 0) is 0 Å². The molecule has 0 amide bonds. The highest BCUT2D eigenvalue weighted by Gasteiger charge is 2.24. The van der Waals surface area contributed by atoms with Crippen LogP contribution >= 0.6 is 0 Å². The SMILES string of the molecule is CCN(CC1CC1)c1cccc(F)c1N. The number of nitrogen functional groups attached to an aromatic ring is 1. The summed E-state index contributed by atoms with van der Waals surface area (Å²) in [4.78, 5) is 2.16. The Labute approximate surface area is 89.9 Å². The van der Waals surface area contributed by atoms with Gasteiger partial charge in [0.2, 0.25) is 0 Å². The third kappa shape index (κ3) is 2.22. The summed E-state index contributed by atoms with van der Waals surface area (Å²) < 4.78 is 13.3. The average Bonchev–Trinajstić information content (AvgIpc) is 3.03. The average molecular weight is 208 g/mol. The summed E-state index contributed by atoms with van der Waals surface area (Å²) in [6, 6.07) is 5.02. The Kier molecular flexibility index (Phi) is 2.80. The van der Waals surface area contributed by atoms with Gasteiger partial charge in [0.25, 0.3) is 0 Å². The lowest BCUT2D eigenvalue weighted by molar-refractivity contribution is 0.630. The molecule has 15 heavy (non-hydrogen) atoms. The molecule has 2 nitrogen and oxygen atoms in total. The van der Waals surface area contributed by atoms with Gasteiger partial charge in [0.05, 0.1) is 11.4 Å². The molecule has 1 aliphatic carbocycles. The van der Waals surface area contributed by atoms with Crippen LogP contribution in [0, 0.1) is 11.7 Å². The molecule has 0 heterocycles. The van der Waals surface area contributed by atoms with Gasteiger partial charge < -0.3 is 10.6 Å². The van der Waals surface area contributed by atoms with E-state index in [0.29, 0.717) is 0 Å². The summed E-state index contributed by atoms with van der Waals surface area (Å²) in [7, 11) is 0. The van der Waals surface area contributed by atoms with Gasteiger partial charge in [0.1, 0.15) is 5.82 Å². The van der Waals surface area contributed by atoms with Crippen molar-refractivity contribution in [3.8, 4) is 0 Å². The van der Waals surface area contributed by atoms with Crippen molar-refractivity contribution in [3.05, 3.63) is 24.0 Å². The summed E-state index contributed by atoms with van der Waals surface area (Å²) >= 11 is 0. The Hall–Kier alpha value is -1.25. The van der Waals surface area contributed by atoms with E-state index in [1.54, 1.807) is 6.07 Å². The van der Waals surface area contributed by atoms with Crippen molar-refractivity contribution in [2.45, 2.75) is 19.8 Å². The van der Waals surface area contributed by atoms with Crippen LogP contribution in [0.2, 0.25) is 0 Å². The van der Waals surface area contributed by atoms with Crippen molar-refractivity contribution in [2.24, 2.45) is 5.92 Å². The van der Waals surface area contributed by atoms with Gasteiger partial charge in [-0.25, -0.2) is 4.39 Å². The zero-order valence-corrected chi connectivity index (χ0v) is 9.04. The fourth-order valence-corrected chi connectivity index (χ4v) is 1.81. The topological polar surface area (TPSA) is 29.3 Å². The number of nitrogens with zero attached hydrogens (tertiary/aromatic N) is 1. The summed E-state index contributed by atoms with van der Waals surface area (Å²) in [5.41, 5.74) is 6.85. The smallest absolute Gasteiger partial charge is 0.148 e. The van der Waals surface area contributed by atoms with E-state index in [0.717, 1.165) is 24.7 Å². The molecule has 0 radical (unpaired) electrons. The molecule has 0 spiro atoms. The van der Waals surface area contributed by atoms with Crippen molar-refractivity contribution >= 4 is 11.4 Å². The van der Waals surface area contributed by atoms with Gasteiger partial charge in [0, 0.05) is 13.1 Å². The minimum absolute atomic E-state index is 0.278. The lowest BCUT2D eigenvalue weighted by Gasteiger charge is -2.24. The van der Waals surface area contributed by atoms with E-state index in [-0.39, 0.29) is 11.5 Å². The molecule has 0 atom stereocenters. The molecule has 0 saturated heterocycles. The molecule has 82 valence electrons. The maximum atomic E-state index is 13.3. The van der Waals surface area contributed by atoms with Crippen LogP contribution in [0.3, 0.4) is 0 Å². The molecule has 1 aromatic carbocycles.